The largest absolute Gasteiger partial charge is 0.465 e. The third kappa shape index (κ3) is 5.33. The zero-order valence-electron chi connectivity index (χ0n) is 16.6. The van der Waals surface area contributed by atoms with Gasteiger partial charge in [-0.1, -0.05) is 45.2 Å². The summed E-state index contributed by atoms with van der Waals surface area (Å²) in [6, 6.07) is 11.7. The number of anilines is 2. The number of alkyl halides is 1. The van der Waals surface area contributed by atoms with E-state index in [1.54, 1.807) is 17.5 Å². The number of methoxy groups -OCH3 is 1. The van der Waals surface area contributed by atoms with Gasteiger partial charge in [0.1, 0.15) is 4.88 Å². The Balaban J connectivity index is 1.90. The van der Waals surface area contributed by atoms with E-state index in [0.29, 0.717) is 20.9 Å². The summed E-state index contributed by atoms with van der Waals surface area (Å²) in [7, 11) is 1.24. The highest BCUT2D eigenvalue weighted by atomic mass is 79.9. The van der Waals surface area contributed by atoms with Crippen molar-refractivity contribution in [3.8, 4) is 0 Å². The molecule has 0 spiro atoms. The van der Waals surface area contributed by atoms with Gasteiger partial charge >= 0.3 is 5.97 Å². The lowest BCUT2D eigenvalue weighted by Crippen LogP contribution is -2.17. The molecule has 0 radical (unpaired) electrons. The second kappa shape index (κ2) is 10.1. The number of benzene rings is 2. The van der Waals surface area contributed by atoms with Crippen molar-refractivity contribution in [2.75, 3.05) is 17.7 Å². The van der Waals surface area contributed by atoms with Gasteiger partial charge in [-0.25, -0.2) is 4.79 Å². The maximum Gasteiger partial charge on any atom is 0.339 e. The van der Waals surface area contributed by atoms with Crippen LogP contribution in [0.1, 0.15) is 41.5 Å². The second-order valence-corrected chi connectivity index (χ2v) is 8.38. The normalized spacial score (nSPS) is 10.5. The third-order valence-corrected chi connectivity index (χ3v) is 6.57. The number of carbonyl (C=O) groups excluding carboxylic acids is 3. The third-order valence-electron chi connectivity index (χ3n) is 4.40. The number of halogens is 2. The minimum absolute atomic E-state index is 0.121. The van der Waals surface area contributed by atoms with Crippen LogP contribution in [-0.4, -0.2) is 24.9 Å². The number of carbonyl (C=O) groups is 3. The molecule has 160 valence electrons. The number of thiophene rings is 1. The van der Waals surface area contributed by atoms with Crippen LogP contribution in [0.5, 0.6) is 0 Å². The molecular weight excluding hydrogens is 504 g/mol. The summed E-state index contributed by atoms with van der Waals surface area (Å²) < 4.78 is 4.80. The van der Waals surface area contributed by atoms with E-state index in [-0.39, 0.29) is 22.7 Å². The van der Waals surface area contributed by atoms with Crippen LogP contribution in [0.15, 0.2) is 47.8 Å². The van der Waals surface area contributed by atoms with Gasteiger partial charge in [-0.05, 0) is 48.2 Å². The zero-order chi connectivity index (χ0) is 22.5. The molecule has 9 heteroatoms. The summed E-state index contributed by atoms with van der Waals surface area (Å²) in [5.74, 6) is -1.51. The first-order chi connectivity index (χ1) is 14.8. The number of amides is 2. The highest BCUT2D eigenvalue weighted by Crippen LogP contribution is 2.31. The maximum absolute atomic E-state index is 12.8. The number of rotatable bonds is 6. The maximum atomic E-state index is 12.8. The standard InChI is InChI=1S/C22H18BrClN2O4S/c1-12-3-6-15(7-4-12)25-20(27)13-5-8-16(22(29)30-2)17(9-13)26-21(28)19-18(24)14(10-23)11-31-19/h3-9,11H,10H2,1-2H3,(H,25,27)(H,26,28). The van der Waals surface area contributed by atoms with E-state index in [2.05, 4.69) is 26.6 Å². The summed E-state index contributed by atoms with van der Waals surface area (Å²) >= 11 is 10.8. The van der Waals surface area contributed by atoms with Crippen LogP contribution in [-0.2, 0) is 10.1 Å². The molecule has 0 bridgehead atoms. The molecule has 3 rings (SSSR count). The molecule has 31 heavy (non-hydrogen) atoms. The summed E-state index contributed by atoms with van der Waals surface area (Å²) in [4.78, 5) is 37.9. The average molecular weight is 522 g/mol. The molecule has 3 aromatic rings. The van der Waals surface area contributed by atoms with Crippen molar-refractivity contribution in [3.05, 3.63) is 80.0 Å². The smallest absolute Gasteiger partial charge is 0.339 e. The predicted molar refractivity (Wildman–Crippen MR) is 127 cm³/mol. The van der Waals surface area contributed by atoms with Crippen LogP contribution in [0.3, 0.4) is 0 Å². The molecule has 1 aromatic heterocycles. The summed E-state index contributed by atoms with van der Waals surface area (Å²) in [5, 5.41) is 8.09. The number of hydrogen-bond acceptors (Lipinski definition) is 5. The second-order valence-electron chi connectivity index (χ2n) is 6.56. The van der Waals surface area contributed by atoms with Crippen LogP contribution < -0.4 is 10.6 Å². The van der Waals surface area contributed by atoms with Crippen LogP contribution in [0, 0.1) is 6.92 Å². The molecule has 1 heterocycles. The van der Waals surface area contributed by atoms with Crippen molar-refractivity contribution < 1.29 is 19.1 Å². The topological polar surface area (TPSA) is 84.5 Å². The minimum atomic E-state index is -0.640. The number of hydrogen-bond donors (Lipinski definition) is 2. The molecule has 2 N–H and O–H groups in total. The zero-order valence-corrected chi connectivity index (χ0v) is 19.8. The minimum Gasteiger partial charge on any atom is -0.465 e. The van der Waals surface area contributed by atoms with Crippen LogP contribution in [0.2, 0.25) is 5.02 Å². The van der Waals surface area contributed by atoms with Crippen LogP contribution in [0.25, 0.3) is 0 Å². The average Bonchev–Trinajstić information content (AvgIpc) is 3.15. The fraction of sp³-hybridized carbons (Fsp3) is 0.136. The van der Waals surface area contributed by atoms with E-state index < -0.39 is 11.9 Å². The SMILES string of the molecule is COC(=O)c1ccc(C(=O)Nc2ccc(C)cc2)cc1NC(=O)c1scc(CBr)c1Cl. The lowest BCUT2D eigenvalue weighted by molar-refractivity contribution is 0.0601. The first kappa shape index (κ1) is 23.0. The molecule has 0 atom stereocenters. The van der Waals surface area contributed by atoms with E-state index >= 15 is 0 Å². The van der Waals surface area contributed by atoms with Gasteiger partial charge in [-0.2, -0.15) is 0 Å². The van der Waals surface area contributed by atoms with Gasteiger partial charge in [0, 0.05) is 16.6 Å². The Morgan fingerprint density at radius 1 is 1.06 bits per heavy atom. The monoisotopic (exact) mass is 520 g/mol. The Hall–Kier alpha value is -2.68. The fourth-order valence-electron chi connectivity index (χ4n) is 2.72. The van der Waals surface area contributed by atoms with Gasteiger partial charge < -0.3 is 15.4 Å². The van der Waals surface area contributed by atoms with Crippen LogP contribution in [0.4, 0.5) is 11.4 Å². The van der Waals surface area contributed by atoms with Crippen LogP contribution >= 0.6 is 38.9 Å². The number of nitrogens with one attached hydrogen (secondary N) is 2. The van der Waals surface area contributed by atoms with Gasteiger partial charge in [-0.15, -0.1) is 11.3 Å². The van der Waals surface area contributed by atoms with Crippen molar-refractivity contribution in [2.24, 2.45) is 0 Å². The fourth-order valence-corrected chi connectivity index (χ4v) is 4.80. The van der Waals surface area contributed by atoms with E-state index in [1.165, 1.54) is 36.6 Å². The number of aryl methyl sites for hydroxylation is 1. The Labute approximate surface area is 196 Å². The first-order valence-corrected chi connectivity index (χ1v) is 11.5. The van der Waals surface area contributed by atoms with Gasteiger partial charge in [0.05, 0.1) is 23.4 Å². The molecule has 2 amide bonds. The predicted octanol–water partition coefficient (Wildman–Crippen LogP) is 5.90. The van der Waals surface area contributed by atoms with Crippen molar-refractivity contribution in [1.29, 1.82) is 0 Å². The number of esters is 1. The molecular formula is C22H18BrClN2O4S. The lowest BCUT2D eigenvalue weighted by Gasteiger charge is -2.12. The van der Waals surface area contributed by atoms with Gasteiger partial charge in [-0.3, -0.25) is 9.59 Å². The van der Waals surface area contributed by atoms with E-state index in [0.717, 1.165) is 11.1 Å². The van der Waals surface area contributed by atoms with Crippen molar-refractivity contribution >= 4 is 68.0 Å². The van der Waals surface area contributed by atoms with Crippen molar-refractivity contribution in [1.82, 2.24) is 0 Å². The van der Waals surface area contributed by atoms with Gasteiger partial charge in [0.25, 0.3) is 11.8 Å². The van der Waals surface area contributed by atoms with Crippen molar-refractivity contribution in [3.63, 3.8) is 0 Å². The molecule has 0 saturated carbocycles. The molecule has 0 unspecified atom stereocenters. The number of ether oxygens (including phenoxy) is 1. The molecule has 0 aliphatic carbocycles. The summed E-state index contributed by atoms with van der Waals surface area (Å²) in [6.07, 6.45) is 0. The van der Waals surface area contributed by atoms with E-state index in [4.69, 9.17) is 16.3 Å². The molecule has 2 aromatic carbocycles. The van der Waals surface area contributed by atoms with Gasteiger partial charge in [0.2, 0.25) is 0 Å². The molecule has 0 aliphatic rings. The summed E-state index contributed by atoms with van der Waals surface area (Å²) in [6.45, 7) is 1.95. The highest BCUT2D eigenvalue weighted by Gasteiger charge is 2.21. The molecule has 0 fully saturated rings. The van der Waals surface area contributed by atoms with E-state index in [1.807, 2.05) is 19.1 Å². The lowest BCUT2D eigenvalue weighted by atomic mass is 10.1. The first-order valence-electron chi connectivity index (χ1n) is 9.07. The Kier molecular flexibility index (Phi) is 7.48. The summed E-state index contributed by atoms with van der Waals surface area (Å²) in [5.41, 5.74) is 3.03. The molecule has 0 saturated heterocycles. The Bertz CT molecular complexity index is 1140. The van der Waals surface area contributed by atoms with Crippen molar-refractivity contribution in [2.45, 2.75) is 12.3 Å². The highest BCUT2D eigenvalue weighted by molar-refractivity contribution is 9.08. The van der Waals surface area contributed by atoms with E-state index in [9.17, 15) is 14.4 Å². The Morgan fingerprint density at radius 3 is 2.39 bits per heavy atom. The quantitative estimate of drug-likeness (QED) is 0.313. The molecule has 6 nitrogen and oxygen atoms in total. The Morgan fingerprint density at radius 2 is 1.77 bits per heavy atom. The van der Waals surface area contributed by atoms with Gasteiger partial charge in [0.15, 0.2) is 0 Å². The molecule has 0 aliphatic heterocycles.